The highest BCUT2D eigenvalue weighted by Crippen LogP contribution is 2.40. The van der Waals surface area contributed by atoms with Crippen LogP contribution in [-0.4, -0.2) is 31.2 Å². The van der Waals surface area contributed by atoms with Crippen molar-refractivity contribution in [3.8, 4) is 0 Å². The van der Waals surface area contributed by atoms with E-state index in [2.05, 4.69) is 5.32 Å². The Labute approximate surface area is 146 Å². The van der Waals surface area contributed by atoms with Crippen molar-refractivity contribution in [2.24, 2.45) is 0 Å². The maximum absolute atomic E-state index is 13.2. The van der Waals surface area contributed by atoms with E-state index in [1.807, 2.05) is 55.5 Å². The molecule has 3 rings (SSSR count). The van der Waals surface area contributed by atoms with Crippen LogP contribution in [0.15, 0.2) is 53.4 Å². The molecule has 5 heteroatoms. The molecule has 1 atom stereocenters. The second-order valence-corrected chi connectivity index (χ2v) is 6.85. The van der Waals surface area contributed by atoms with Gasteiger partial charge in [0.1, 0.15) is 6.54 Å². The standard InChI is InChI=1S/C19H20N2O2S/c1-13-7-3-5-9-16(13)21(11-18(22)20-2)19(23)15-12-24-17-10-6-4-8-14(15)17/h3-10,15H,11-12H2,1-2H3,(H,20,22)/t15-/m0/s1. The number of aryl methyl sites for hydroxylation is 1. The molecule has 2 aromatic carbocycles. The van der Waals surface area contributed by atoms with E-state index >= 15 is 0 Å². The maximum Gasteiger partial charge on any atom is 0.239 e. The molecule has 4 nitrogen and oxygen atoms in total. The molecule has 2 aromatic rings. The van der Waals surface area contributed by atoms with Crippen LogP contribution in [0.2, 0.25) is 0 Å². The maximum atomic E-state index is 13.2. The molecule has 1 N–H and O–H groups in total. The van der Waals surface area contributed by atoms with Gasteiger partial charge in [0.25, 0.3) is 0 Å². The predicted molar refractivity (Wildman–Crippen MR) is 97.5 cm³/mol. The molecule has 1 aliphatic rings. The van der Waals surface area contributed by atoms with Crippen molar-refractivity contribution in [3.05, 3.63) is 59.7 Å². The second kappa shape index (κ2) is 7.09. The number of rotatable bonds is 4. The van der Waals surface area contributed by atoms with E-state index in [0.29, 0.717) is 5.75 Å². The average molecular weight is 340 g/mol. The Kier molecular flexibility index (Phi) is 4.90. The fourth-order valence-electron chi connectivity index (χ4n) is 2.93. The highest BCUT2D eigenvalue weighted by atomic mass is 32.2. The van der Waals surface area contributed by atoms with Gasteiger partial charge in [0.15, 0.2) is 0 Å². The largest absolute Gasteiger partial charge is 0.358 e. The van der Waals surface area contributed by atoms with Crippen LogP contribution in [0, 0.1) is 6.92 Å². The summed E-state index contributed by atoms with van der Waals surface area (Å²) in [5.41, 5.74) is 2.83. The number of nitrogens with zero attached hydrogens (tertiary/aromatic N) is 1. The molecule has 24 heavy (non-hydrogen) atoms. The van der Waals surface area contributed by atoms with Gasteiger partial charge in [-0.25, -0.2) is 0 Å². The molecule has 0 bridgehead atoms. The Hall–Kier alpha value is -2.27. The van der Waals surface area contributed by atoms with Crippen molar-refractivity contribution in [2.45, 2.75) is 17.7 Å². The third-order valence-electron chi connectivity index (χ3n) is 4.25. The van der Waals surface area contributed by atoms with Crippen LogP contribution < -0.4 is 10.2 Å². The molecule has 124 valence electrons. The summed E-state index contributed by atoms with van der Waals surface area (Å²) >= 11 is 1.70. The van der Waals surface area contributed by atoms with E-state index in [1.165, 1.54) is 0 Å². The Morgan fingerprint density at radius 1 is 1.17 bits per heavy atom. The SMILES string of the molecule is CNC(=O)CN(C(=O)[C@H]1CSc2ccccc21)c1ccccc1C. The summed E-state index contributed by atoms with van der Waals surface area (Å²) in [5.74, 6) is 0.306. The minimum atomic E-state index is -0.213. The van der Waals surface area contributed by atoms with Crippen molar-refractivity contribution in [1.82, 2.24) is 5.32 Å². The Balaban J connectivity index is 1.96. The third kappa shape index (κ3) is 3.17. The lowest BCUT2D eigenvalue weighted by molar-refractivity contribution is -0.124. The van der Waals surface area contributed by atoms with E-state index in [0.717, 1.165) is 21.7 Å². The van der Waals surface area contributed by atoms with Crippen LogP contribution in [0.1, 0.15) is 17.0 Å². The van der Waals surface area contributed by atoms with Crippen LogP contribution in [-0.2, 0) is 9.59 Å². The van der Waals surface area contributed by atoms with Gasteiger partial charge in [-0.2, -0.15) is 0 Å². The molecular weight excluding hydrogens is 320 g/mol. The lowest BCUT2D eigenvalue weighted by Crippen LogP contribution is -2.42. The van der Waals surface area contributed by atoms with Gasteiger partial charge in [0, 0.05) is 23.4 Å². The molecular formula is C19H20N2O2S. The zero-order valence-corrected chi connectivity index (χ0v) is 14.6. The van der Waals surface area contributed by atoms with Gasteiger partial charge in [-0.1, -0.05) is 36.4 Å². The van der Waals surface area contributed by atoms with Crippen molar-refractivity contribution in [1.29, 1.82) is 0 Å². The van der Waals surface area contributed by atoms with Crippen LogP contribution in [0.3, 0.4) is 0 Å². The molecule has 1 aliphatic heterocycles. The Morgan fingerprint density at radius 3 is 2.62 bits per heavy atom. The number of benzene rings is 2. The minimum absolute atomic E-state index is 0.0228. The smallest absolute Gasteiger partial charge is 0.239 e. The van der Waals surface area contributed by atoms with E-state index < -0.39 is 0 Å². The van der Waals surface area contributed by atoms with Crippen molar-refractivity contribution in [3.63, 3.8) is 0 Å². The van der Waals surface area contributed by atoms with Gasteiger partial charge < -0.3 is 10.2 Å². The summed E-state index contributed by atoms with van der Waals surface area (Å²) in [6, 6.07) is 15.7. The Morgan fingerprint density at radius 2 is 1.88 bits per heavy atom. The van der Waals surface area contributed by atoms with Crippen LogP contribution in [0.25, 0.3) is 0 Å². The van der Waals surface area contributed by atoms with Gasteiger partial charge in [0.05, 0.1) is 5.92 Å². The number of likely N-dealkylation sites (N-methyl/N-ethyl adjacent to an activating group) is 1. The molecule has 0 aliphatic carbocycles. The summed E-state index contributed by atoms with van der Waals surface area (Å²) in [6.45, 7) is 1.99. The first-order chi connectivity index (χ1) is 11.6. The summed E-state index contributed by atoms with van der Waals surface area (Å²) in [5, 5.41) is 2.61. The quantitative estimate of drug-likeness (QED) is 0.931. The van der Waals surface area contributed by atoms with Gasteiger partial charge >= 0.3 is 0 Å². The first-order valence-corrected chi connectivity index (χ1v) is 8.89. The predicted octanol–water partition coefficient (Wildman–Crippen LogP) is 2.96. The molecule has 0 aromatic heterocycles. The van der Waals surface area contributed by atoms with Crippen LogP contribution in [0.5, 0.6) is 0 Å². The summed E-state index contributed by atoms with van der Waals surface area (Å²) in [6.07, 6.45) is 0. The lowest BCUT2D eigenvalue weighted by Gasteiger charge is -2.26. The zero-order chi connectivity index (χ0) is 17.1. The zero-order valence-electron chi connectivity index (χ0n) is 13.8. The number of thioether (sulfide) groups is 1. The summed E-state index contributed by atoms with van der Waals surface area (Å²) in [7, 11) is 1.59. The highest BCUT2D eigenvalue weighted by molar-refractivity contribution is 7.99. The molecule has 0 spiro atoms. The number of hydrogen-bond acceptors (Lipinski definition) is 3. The van der Waals surface area contributed by atoms with Gasteiger partial charge in [0.2, 0.25) is 11.8 Å². The highest BCUT2D eigenvalue weighted by Gasteiger charge is 2.33. The molecule has 0 unspecified atom stereocenters. The fourth-order valence-corrected chi connectivity index (χ4v) is 4.15. The van der Waals surface area contributed by atoms with Gasteiger partial charge in [-0.05, 0) is 30.2 Å². The van der Waals surface area contributed by atoms with Crippen LogP contribution in [0.4, 0.5) is 5.69 Å². The van der Waals surface area contributed by atoms with E-state index in [4.69, 9.17) is 0 Å². The van der Waals surface area contributed by atoms with E-state index in [-0.39, 0.29) is 24.3 Å². The van der Waals surface area contributed by atoms with Gasteiger partial charge in [-0.3, -0.25) is 9.59 Å². The number of carbonyl (C=O) groups is 2. The van der Waals surface area contributed by atoms with Crippen molar-refractivity contribution < 1.29 is 9.59 Å². The molecule has 2 amide bonds. The van der Waals surface area contributed by atoms with E-state index in [9.17, 15) is 9.59 Å². The number of fused-ring (bicyclic) bond motifs is 1. The average Bonchev–Trinajstić information content (AvgIpc) is 3.03. The number of amides is 2. The van der Waals surface area contributed by atoms with Crippen molar-refractivity contribution in [2.75, 3.05) is 24.2 Å². The number of carbonyl (C=O) groups excluding carboxylic acids is 2. The summed E-state index contributed by atoms with van der Waals surface area (Å²) < 4.78 is 0. The molecule has 0 saturated heterocycles. The number of nitrogens with one attached hydrogen (secondary N) is 1. The van der Waals surface area contributed by atoms with Crippen LogP contribution >= 0.6 is 11.8 Å². The second-order valence-electron chi connectivity index (χ2n) is 5.79. The lowest BCUT2D eigenvalue weighted by atomic mass is 9.99. The van der Waals surface area contributed by atoms with Crippen molar-refractivity contribution >= 4 is 29.3 Å². The first-order valence-electron chi connectivity index (χ1n) is 7.91. The Bertz CT molecular complexity index is 775. The first kappa shape index (κ1) is 16.6. The molecule has 1 heterocycles. The number of anilines is 1. The van der Waals surface area contributed by atoms with Gasteiger partial charge in [-0.15, -0.1) is 11.8 Å². The number of hydrogen-bond donors (Lipinski definition) is 1. The minimum Gasteiger partial charge on any atom is -0.358 e. The topological polar surface area (TPSA) is 49.4 Å². The monoisotopic (exact) mass is 340 g/mol. The molecule has 0 radical (unpaired) electrons. The normalized spacial score (nSPS) is 15.7. The summed E-state index contributed by atoms with van der Waals surface area (Å²) in [4.78, 5) is 28.0. The molecule has 0 fully saturated rings. The van der Waals surface area contributed by atoms with E-state index in [1.54, 1.807) is 23.7 Å². The number of para-hydroxylation sites is 1. The molecule has 0 saturated carbocycles. The fraction of sp³-hybridized carbons (Fsp3) is 0.263. The third-order valence-corrected chi connectivity index (χ3v) is 5.43.